The summed E-state index contributed by atoms with van der Waals surface area (Å²) in [4.78, 5) is 16.1. The number of thiazole rings is 1. The van der Waals surface area contributed by atoms with Gasteiger partial charge in [0.2, 0.25) is 0 Å². The van der Waals surface area contributed by atoms with Gasteiger partial charge in [-0.05, 0) is 31.0 Å². The molecular weight excluding hydrogens is 324 g/mol. The Morgan fingerprint density at radius 3 is 2.83 bits per heavy atom. The summed E-state index contributed by atoms with van der Waals surface area (Å²) in [5.41, 5.74) is 3.04. The van der Waals surface area contributed by atoms with Gasteiger partial charge in [-0.1, -0.05) is 25.8 Å². The Bertz CT molecular complexity index is 644. The smallest absolute Gasteiger partial charge is 0.271 e. The summed E-state index contributed by atoms with van der Waals surface area (Å²) < 4.78 is 11.2. The van der Waals surface area contributed by atoms with Crippen LogP contribution in [0.5, 0.6) is 11.5 Å². The highest BCUT2D eigenvalue weighted by Crippen LogP contribution is 2.30. The molecule has 1 unspecified atom stereocenters. The van der Waals surface area contributed by atoms with Crippen LogP contribution in [0.15, 0.2) is 29.1 Å². The molecule has 1 atom stereocenters. The van der Waals surface area contributed by atoms with Crippen molar-refractivity contribution < 1.29 is 14.3 Å². The van der Waals surface area contributed by atoms with Crippen molar-refractivity contribution in [3.8, 4) is 11.5 Å². The normalized spacial score (nSPS) is 11.8. The Labute approximate surface area is 147 Å². The van der Waals surface area contributed by atoms with Crippen molar-refractivity contribution in [1.29, 1.82) is 0 Å². The minimum atomic E-state index is -0.178. The molecule has 2 rings (SSSR count). The van der Waals surface area contributed by atoms with Crippen LogP contribution in [-0.2, 0) is 0 Å². The highest BCUT2D eigenvalue weighted by molar-refractivity contribution is 7.07. The van der Waals surface area contributed by atoms with E-state index in [9.17, 15) is 4.79 Å². The number of carbonyl (C=O) groups excluding carboxylic acids is 1. The van der Waals surface area contributed by atoms with Crippen LogP contribution in [0.1, 0.15) is 55.2 Å². The SMILES string of the molecule is CCCCCOc1ccc(C(C)NC(=O)c2cscn2)cc1OC. The third kappa shape index (κ3) is 4.96. The predicted octanol–water partition coefficient (Wildman–Crippen LogP) is 4.21. The van der Waals surface area contributed by atoms with Gasteiger partial charge in [0.05, 0.1) is 25.3 Å². The van der Waals surface area contributed by atoms with Crippen LogP contribution in [0, 0.1) is 0 Å². The molecule has 1 heterocycles. The second kappa shape index (κ2) is 9.27. The fourth-order valence-electron chi connectivity index (χ4n) is 2.29. The van der Waals surface area contributed by atoms with Crippen LogP contribution < -0.4 is 14.8 Å². The molecule has 1 amide bonds. The molecule has 0 radical (unpaired) electrons. The molecule has 0 bridgehead atoms. The zero-order valence-electron chi connectivity index (χ0n) is 14.4. The Hall–Kier alpha value is -2.08. The van der Waals surface area contributed by atoms with Gasteiger partial charge < -0.3 is 14.8 Å². The van der Waals surface area contributed by atoms with Gasteiger partial charge in [-0.3, -0.25) is 4.79 Å². The summed E-state index contributed by atoms with van der Waals surface area (Å²) in [6, 6.07) is 5.60. The largest absolute Gasteiger partial charge is 0.493 e. The first-order valence-corrected chi connectivity index (χ1v) is 9.09. The van der Waals surface area contributed by atoms with Gasteiger partial charge in [0.15, 0.2) is 11.5 Å². The van der Waals surface area contributed by atoms with E-state index in [0.717, 1.165) is 30.6 Å². The molecule has 6 heteroatoms. The van der Waals surface area contributed by atoms with Crippen LogP contribution in [0.3, 0.4) is 0 Å². The number of benzene rings is 1. The van der Waals surface area contributed by atoms with Crippen molar-refractivity contribution in [1.82, 2.24) is 10.3 Å². The first-order valence-electron chi connectivity index (χ1n) is 8.15. The molecule has 24 heavy (non-hydrogen) atoms. The molecule has 1 aromatic carbocycles. The second-order valence-corrected chi connectivity index (χ2v) is 6.25. The Kier molecular flexibility index (Phi) is 7.06. The number of amides is 1. The summed E-state index contributed by atoms with van der Waals surface area (Å²) in [5.74, 6) is 1.23. The summed E-state index contributed by atoms with van der Waals surface area (Å²) in [6.07, 6.45) is 3.34. The van der Waals surface area contributed by atoms with Crippen molar-refractivity contribution in [2.45, 2.75) is 39.2 Å². The molecule has 2 aromatic rings. The van der Waals surface area contributed by atoms with Crippen LogP contribution in [0.4, 0.5) is 0 Å². The summed E-state index contributed by atoms with van der Waals surface area (Å²) in [5, 5.41) is 4.67. The number of carbonyl (C=O) groups is 1. The quantitative estimate of drug-likeness (QED) is 0.690. The number of rotatable bonds is 9. The number of methoxy groups -OCH3 is 1. The van der Waals surface area contributed by atoms with Gasteiger partial charge in [0.1, 0.15) is 5.69 Å². The van der Waals surface area contributed by atoms with Gasteiger partial charge in [-0.2, -0.15) is 0 Å². The summed E-state index contributed by atoms with van der Waals surface area (Å²) in [6.45, 7) is 4.77. The van der Waals surface area contributed by atoms with E-state index in [2.05, 4.69) is 17.2 Å². The molecule has 1 aromatic heterocycles. The minimum Gasteiger partial charge on any atom is -0.493 e. The van der Waals surface area contributed by atoms with Gasteiger partial charge in [-0.25, -0.2) is 4.98 Å². The number of unbranched alkanes of at least 4 members (excludes halogenated alkanes) is 2. The number of ether oxygens (including phenoxy) is 2. The van der Waals surface area contributed by atoms with E-state index in [1.54, 1.807) is 18.0 Å². The number of aromatic nitrogens is 1. The van der Waals surface area contributed by atoms with E-state index >= 15 is 0 Å². The predicted molar refractivity (Wildman–Crippen MR) is 96.0 cm³/mol. The van der Waals surface area contributed by atoms with E-state index in [0.29, 0.717) is 18.1 Å². The lowest BCUT2D eigenvalue weighted by Gasteiger charge is -2.17. The lowest BCUT2D eigenvalue weighted by Crippen LogP contribution is -2.26. The fourth-order valence-corrected chi connectivity index (χ4v) is 2.82. The van der Waals surface area contributed by atoms with E-state index in [1.807, 2.05) is 25.1 Å². The van der Waals surface area contributed by atoms with E-state index < -0.39 is 0 Å². The monoisotopic (exact) mass is 348 g/mol. The maximum atomic E-state index is 12.1. The molecule has 0 aliphatic heterocycles. The Balaban J connectivity index is 2.00. The summed E-state index contributed by atoms with van der Waals surface area (Å²) >= 11 is 1.40. The van der Waals surface area contributed by atoms with E-state index in [4.69, 9.17) is 9.47 Å². The molecule has 0 spiro atoms. The highest BCUT2D eigenvalue weighted by atomic mass is 32.1. The highest BCUT2D eigenvalue weighted by Gasteiger charge is 2.15. The second-order valence-electron chi connectivity index (χ2n) is 5.53. The molecule has 0 aliphatic rings. The van der Waals surface area contributed by atoms with E-state index in [-0.39, 0.29) is 11.9 Å². The maximum Gasteiger partial charge on any atom is 0.271 e. The van der Waals surface area contributed by atoms with Gasteiger partial charge in [0.25, 0.3) is 5.91 Å². The minimum absolute atomic E-state index is 0.151. The molecular formula is C18H24N2O3S. The van der Waals surface area contributed by atoms with Crippen LogP contribution in [0.2, 0.25) is 0 Å². The zero-order chi connectivity index (χ0) is 17.4. The lowest BCUT2D eigenvalue weighted by molar-refractivity contribution is 0.0935. The number of hydrogen-bond donors (Lipinski definition) is 1. The molecule has 5 nitrogen and oxygen atoms in total. The third-order valence-corrected chi connectivity index (χ3v) is 4.29. The molecule has 0 fully saturated rings. The number of nitrogens with zero attached hydrogens (tertiary/aromatic N) is 1. The van der Waals surface area contributed by atoms with Crippen molar-refractivity contribution in [3.63, 3.8) is 0 Å². The van der Waals surface area contributed by atoms with Crippen LogP contribution >= 0.6 is 11.3 Å². The first kappa shape index (κ1) is 18.3. The maximum absolute atomic E-state index is 12.1. The molecule has 0 saturated carbocycles. The summed E-state index contributed by atoms with van der Waals surface area (Å²) in [7, 11) is 1.62. The standard InChI is InChI=1S/C18H24N2O3S/c1-4-5-6-9-23-16-8-7-14(10-17(16)22-3)13(2)20-18(21)15-11-24-12-19-15/h7-8,10-13H,4-6,9H2,1-3H3,(H,20,21). The molecule has 0 saturated heterocycles. The molecule has 130 valence electrons. The number of nitrogens with one attached hydrogen (secondary N) is 1. The zero-order valence-corrected chi connectivity index (χ0v) is 15.2. The average Bonchev–Trinajstić information content (AvgIpc) is 3.13. The molecule has 0 aliphatic carbocycles. The van der Waals surface area contributed by atoms with Gasteiger partial charge in [-0.15, -0.1) is 11.3 Å². The average molecular weight is 348 g/mol. The van der Waals surface area contributed by atoms with Crippen molar-refractivity contribution >= 4 is 17.2 Å². The topological polar surface area (TPSA) is 60.5 Å². The van der Waals surface area contributed by atoms with Crippen LogP contribution in [-0.4, -0.2) is 24.6 Å². The Morgan fingerprint density at radius 2 is 2.17 bits per heavy atom. The van der Waals surface area contributed by atoms with Gasteiger partial charge in [0, 0.05) is 5.38 Å². The molecule has 1 N–H and O–H groups in total. The van der Waals surface area contributed by atoms with Crippen LogP contribution in [0.25, 0.3) is 0 Å². The first-order chi connectivity index (χ1) is 11.7. The van der Waals surface area contributed by atoms with Crippen molar-refractivity contribution in [2.24, 2.45) is 0 Å². The number of hydrogen-bond acceptors (Lipinski definition) is 5. The lowest BCUT2D eigenvalue weighted by atomic mass is 10.1. The van der Waals surface area contributed by atoms with E-state index in [1.165, 1.54) is 11.3 Å². The van der Waals surface area contributed by atoms with Gasteiger partial charge >= 0.3 is 0 Å². The third-order valence-electron chi connectivity index (χ3n) is 3.71. The van der Waals surface area contributed by atoms with Crippen molar-refractivity contribution in [2.75, 3.05) is 13.7 Å². The Morgan fingerprint density at radius 1 is 1.33 bits per heavy atom. The van der Waals surface area contributed by atoms with Crippen molar-refractivity contribution in [3.05, 3.63) is 40.3 Å². The fraction of sp³-hybridized carbons (Fsp3) is 0.444.